The van der Waals surface area contributed by atoms with E-state index in [4.69, 9.17) is 23.2 Å². The summed E-state index contributed by atoms with van der Waals surface area (Å²) in [7, 11) is 1.74. The lowest BCUT2D eigenvalue weighted by atomic mass is 10.0. The second-order valence-corrected chi connectivity index (χ2v) is 7.44. The normalized spacial score (nSPS) is 15.1. The summed E-state index contributed by atoms with van der Waals surface area (Å²) >= 11 is 12.0. The van der Waals surface area contributed by atoms with Crippen LogP contribution in [0.5, 0.6) is 0 Å². The van der Waals surface area contributed by atoms with E-state index in [1.807, 2.05) is 29.2 Å². The fraction of sp³-hybridized carbons (Fsp3) is 0.474. The van der Waals surface area contributed by atoms with E-state index in [9.17, 15) is 9.90 Å². The number of amides is 1. The van der Waals surface area contributed by atoms with Gasteiger partial charge in [0.15, 0.2) is 0 Å². The molecule has 0 spiro atoms. The van der Waals surface area contributed by atoms with Crippen molar-refractivity contribution in [2.75, 3.05) is 61.2 Å². The van der Waals surface area contributed by atoms with E-state index in [-0.39, 0.29) is 24.4 Å². The van der Waals surface area contributed by atoms with Gasteiger partial charge in [-0.15, -0.1) is 11.6 Å². The van der Waals surface area contributed by atoms with Gasteiger partial charge in [-0.25, -0.2) is 0 Å². The maximum atomic E-state index is 11.8. The fourth-order valence-corrected chi connectivity index (χ4v) is 3.71. The highest BCUT2D eigenvalue weighted by Gasteiger charge is 2.24. The molecule has 1 fully saturated rings. The summed E-state index contributed by atoms with van der Waals surface area (Å²) in [6.07, 6.45) is 0.443. The third kappa shape index (κ3) is 5.41. The first-order chi connectivity index (χ1) is 14.5. The van der Waals surface area contributed by atoms with Gasteiger partial charge in [0, 0.05) is 44.9 Å². The summed E-state index contributed by atoms with van der Waals surface area (Å²) < 4.78 is 0. The average Bonchev–Trinajstić information content (AvgIpc) is 2.78. The van der Waals surface area contributed by atoms with Gasteiger partial charge in [-0.2, -0.15) is 15.0 Å². The SMILES string of the molecule is CNc1nc(NC(CCO)c2ccccc2Cl)nc(N2CCN(C(=O)CCl)CC2)n1. The van der Waals surface area contributed by atoms with Crippen molar-refractivity contribution in [1.82, 2.24) is 19.9 Å². The Morgan fingerprint density at radius 3 is 2.50 bits per heavy atom. The average molecular weight is 454 g/mol. The van der Waals surface area contributed by atoms with Gasteiger partial charge in [0.1, 0.15) is 5.88 Å². The molecule has 1 amide bonds. The van der Waals surface area contributed by atoms with Gasteiger partial charge >= 0.3 is 0 Å². The predicted molar refractivity (Wildman–Crippen MR) is 118 cm³/mol. The zero-order valence-electron chi connectivity index (χ0n) is 16.7. The van der Waals surface area contributed by atoms with Crippen molar-refractivity contribution in [1.29, 1.82) is 0 Å². The summed E-state index contributed by atoms with van der Waals surface area (Å²) in [5.41, 5.74) is 0.856. The number of hydrogen-bond donors (Lipinski definition) is 3. The molecule has 30 heavy (non-hydrogen) atoms. The predicted octanol–water partition coefficient (Wildman–Crippen LogP) is 1.99. The quantitative estimate of drug-likeness (QED) is 0.520. The number of nitrogens with one attached hydrogen (secondary N) is 2. The molecule has 0 saturated carbocycles. The lowest BCUT2D eigenvalue weighted by molar-refractivity contribution is -0.128. The summed E-state index contributed by atoms with van der Waals surface area (Å²) in [6.45, 7) is 2.29. The smallest absolute Gasteiger partial charge is 0.237 e. The van der Waals surface area contributed by atoms with Gasteiger partial charge in [0.2, 0.25) is 23.8 Å². The molecule has 1 saturated heterocycles. The number of rotatable bonds is 8. The maximum absolute atomic E-state index is 11.8. The van der Waals surface area contributed by atoms with Gasteiger partial charge < -0.3 is 25.5 Å². The van der Waals surface area contributed by atoms with Crippen LogP contribution in [0, 0.1) is 0 Å². The van der Waals surface area contributed by atoms with Crippen LogP contribution in [0.25, 0.3) is 0 Å². The first kappa shape index (κ1) is 22.3. The van der Waals surface area contributed by atoms with Gasteiger partial charge in [-0.1, -0.05) is 29.8 Å². The fourth-order valence-electron chi connectivity index (χ4n) is 3.27. The van der Waals surface area contributed by atoms with Crippen molar-refractivity contribution in [2.24, 2.45) is 0 Å². The summed E-state index contributed by atoms with van der Waals surface area (Å²) in [6, 6.07) is 7.21. The number of carbonyl (C=O) groups excluding carboxylic acids is 1. The van der Waals surface area contributed by atoms with Crippen molar-refractivity contribution in [3.05, 3.63) is 34.9 Å². The molecule has 1 aromatic heterocycles. The largest absolute Gasteiger partial charge is 0.396 e. The van der Waals surface area contributed by atoms with Crippen LogP contribution in [0.2, 0.25) is 5.02 Å². The van der Waals surface area contributed by atoms with E-state index >= 15 is 0 Å². The standard InChI is InChI=1S/C19H25Cl2N7O2/c1-22-17-24-18(23-15(6-11-29)13-4-2-3-5-14(13)21)26-19(25-17)28-9-7-27(8-10-28)16(30)12-20/h2-5,15,29H,6-12H2,1H3,(H2,22,23,24,25,26). The Balaban J connectivity index is 1.80. The molecule has 2 aromatic rings. The number of hydrogen-bond acceptors (Lipinski definition) is 8. The molecule has 3 rings (SSSR count). The van der Waals surface area contributed by atoms with Crippen LogP contribution < -0.4 is 15.5 Å². The number of carbonyl (C=O) groups is 1. The van der Waals surface area contributed by atoms with Crippen molar-refractivity contribution < 1.29 is 9.90 Å². The lowest BCUT2D eigenvalue weighted by Gasteiger charge is -2.34. The van der Waals surface area contributed by atoms with E-state index in [0.29, 0.717) is 55.5 Å². The van der Waals surface area contributed by atoms with Crippen LogP contribution >= 0.6 is 23.2 Å². The van der Waals surface area contributed by atoms with Gasteiger partial charge in [-0.05, 0) is 18.1 Å². The first-order valence-corrected chi connectivity index (χ1v) is 10.6. The Bertz CT molecular complexity index is 863. The van der Waals surface area contributed by atoms with Crippen molar-refractivity contribution in [3.8, 4) is 0 Å². The monoisotopic (exact) mass is 453 g/mol. The molecule has 0 radical (unpaired) electrons. The van der Waals surface area contributed by atoms with Crippen LogP contribution in [-0.2, 0) is 4.79 Å². The molecule has 9 nitrogen and oxygen atoms in total. The summed E-state index contributed by atoms with van der Waals surface area (Å²) in [4.78, 5) is 29.0. The minimum atomic E-state index is -0.262. The van der Waals surface area contributed by atoms with E-state index in [1.54, 1.807) is 11.9 Å². The molecule has 1 aliphatic heterocycles. The zero-order chi connectivity index (χ0) is 21.5. The lowest BCUT2D eigenvalue weighted by Crippen LogP contribution is -2.49. The number of halogens is 2. The van der Waals surface area contributed by atoms with E-state index in [2.05, 4.69) is 25.6 Å². The van der Waals surface area contributed by atoms with Crippen LogP contribution in [0.3, 0.4) is 0 Å². The third-order valence-electron chi connectivity index (χ3n) is 4.88. The maximum Gasteiger partial charge on any atom is 0.237 e. The topological polar surface area (TPSA) is 107 Å². The molecule has 11 heteroatoms. The number of aliphatic hydroxyl groups is 1. The highest BCUT2D eigenvalue weighted by Crippen LogP contribution is 2.28. The van der Waals surface area contributed by atoms with Gasteiger partial charge in [-0.3, -0.25) is 4.79 Å². The molecule has 2 heterocycles. The number of aliphatic hydroxyl groups excluding tert-OH is 1. The molecule has 1 unspecified atom stereocenters. The molecule has 1 atom stereocenters. The highest BCUT2D eigenvalue weighted by atomic mass is 35.5. The van der Waals surface area contributed by atoms with E-state index in [0.717, 1.165) is 5.56 Å². The van der Waals surface area contributed by atoms with Gasteiger partial charge in [0.05, 0.1) is 6.04 Å². The summed E-state index contributed by atoms with van der Waals surface area (Å²) in [5.74, 6) is 1.22. The second kappa shape index (κ2) is 10.6. The number of benzene rings is 1. The zero-order valence-corrected chi connectivity index (χ0v) is 18.2. The van der Waals surface area contributed by atoms with Crippen molar-refractivity contribution >= 4 is 47.0 Å². The minimum Gasteiger partial charge on any atom is -0.396 e. The molecule has 1 aliphatic rings. The molecule has 0 bridgehead atoms. The first-order valence-electron chi connectivity index (χ1n) is 9.70. The Kier molecular flexibility index (Phi) is 7.89. The van der Waals surface area contributed by atoms with Crippen LogP contribution in [0.1, 0.15) is 18.0 Å². The Morgan fingerprint density at radius 2 is 1.87 bits per heavy atom. The molecule has 162 valence electrons. The Labute approximate surface area is 185 Å². The number of nitrogens with zero attached hydrogens (tertiary/aromatic N) is 5. The Morgan fingerprint density at radius 1 is 1.17 bits per heavy atom. The summed E-state index contributed by atoms with van der Waals surface area (Å²) in [5, 5.41) is 16.3. The highest BCUT2D eigenvalue weighted by molar-refractivity contribution is 6.31. The second-order valence-electron chi connectivity index (χ2n) is 6.76. The van der Waals surface area contributed by atoms with Crippen molar-refractivity contribution in [2.45, 2.75) is 12.5 Å². The van der Waals surface area contributed by atoms with Gasteiger partial charge in [0.25, 0.3) is 0 Å². The molecule has 1 aromatic carbocycles. The molecular weight excluding hydrogens is 429 g/mol. The minimum absolute atomic E-state index is 0.0159. The number of alkyl halides is 1. The van der Waals surface area contributed by atoms with Crippen LogP contribution in [-0.4, -0.2) is 76.6 Å². The van der Waals surface area contributed by atoms with Crippen LogP contribution in [0.15, 0.2) is 24.3 Å². The number of aromatic nitrogens is 3. The number of anilines is 3. The van der Waals surface area contributed by atoms with Crippen molar-refractivity contribution in [3.63, 3.8) is 0 Å². The molecular formula is C19H25Cl2N7O2. The molecule has 3 N–H and O–H groups in total. The number of piperazine rings is 1. The van der Waals surface area contributed by atoms with E-state index < -0.39 is 0 Å². The Hall–Kier alpha value is -2.36. The van der Waals surface area contributed by atoms with Crippen LogP contribution in [0.4, 0.5) is 17.8 Å². The molecule has 0 aliphatic carbocycles. The third-order valence-corrected chi connectivity index (χ3v) is 5.45. The van der Waals surface area contributed by atoms with E-state index in [1.165, 1.54) is 0 Å².